The number of hydrogen-bond acceptors (Lipinski definition) is 5. The summed E-state index contributed by atoms with van der Waals surface area (Å²) in [6, 6.07) is 14.5. The van der Waals surface area contributed by atoms with Crippen molar-refractivity contribution in [3.8, 4) is 0 Å². The number of nitrogens with one attached hydrogen (secondary N) is 1. The summed E-state index contributed by atoms with van der Waals surface area (Å²) in [5.74, 6) is -0.413. The van der Waals surface area contributed by atoms with Gasteiger partial charge in [-0.1, -0.05) is 24.3 Å². The van der Waals surface area contributed by atoms with Crippen molar-refractivity contribution in [3.05, 3.63) is 66.0 Å². The lowest BCUT2D eigenvalue weighted by atomic mass is 10.1. The topological polar surface area (TPSA) is 90.3 Å². The number of ether oxygens (including phenoxy) is 1. The number of para-hydroxylation sites is 2. The molecule has 142 valence electrons. The Labute approximate surface area is 158 Å². The van der Waals surface area contributed by atoms with Gasteiger partial charge in [0.2, 0.25) is 10.0 Å². The molecule has 0 amide bonds. The van der Waals surface area contributed by atoms with E-state index in [9.17, 15) is 13.2 Å². The van der Waals surface area contributed by atoms with E-state index in [4.69, 9.17) is 0 Å². The molecule has 2 aromatic carbocycles. The van der Waals surface area contributed by atoms with Gasteiger partial charge in [-0.2, -0.15) is 0 Å². The van der Waals surface area contributed by atoms with Gasteiger partial charge in [0.05, 0.1) is 35.8 Å². The molecule has 0 aliphatic rings. The molecule has 3 rings (SSSR count). The number of esters is 1. The summed E-state index contributed by atoms with van der Waals surface area (Å²) in [5, 5.41) is 0. The monoisotopic (exact) mass is 387 g/mol. The first kappa shape index (κ1) is 19.1. The van der Waals surface area contributed by atoms with E-state index >= 15 is 0 Å². The molecule has 0 aliphatic carbocycles. The highest BCUT2D eigenvalue weighted by Gasteiger charge is 2.11. The maximum absolute atomic E-state index is 12.2. The van der Waals surface area contributed by atoms with Gasteiger partial charge in [-0.3, -0.25) is 0 Å². The van der Waals surface area contributed by atoms with Crippen molar-refractivity contribution in [1.29, 1.82) is 0 Å². The van der Waals surface area contributed by atoms with Gasteiger partial charge in [-0.25, -0.2) is 22.9 Å². The Kier molecular flexibility index (Phi) is 5.88. The van der Waals surface area contributed by atoms with Crippen LogP contribution in [-0.2, 0) is 27.7 Å². The second kappa shape index (κ2) is 8.32. The molecule has 0 saturated heterocycles. The maximum atomic E-state index is 12.2. The molecule has 0 radical (unpaired) electrons. The van der Waals surface area contributed by atoms with Crippen LogP contribution < -0.4 is 4.72 Å². The first-order chi connectivity index (χ1) is 13.0. The average Bonchev–Trinajstić information content (AvgIpc) is 3.09. The van der Waals surface area contributed by atoms with Gasteiger partial charge in [0.25, 0.3) is 0 Å². The fourth-order valence-electron chi connectivity index (χ4n) is 2.76. The second-order valence-corrected chi connectivity index (χ2v) is 8.00. The van der Waals surface area contributed by atoms with Crippen LogP contribution in [0.4, 0.5) is 0 Å². The Hall–Kier alpha value is -2.71. The number of benzene rings is 2. The van der Waals surface area contributed by atoms with Crippen molar-refractivity contribution in [3.63, 3.8) is 0 Å². The van der Waals surface area contributed by atoms with E-state index in [2.05, 4.69) is 14.4 Å². The Balaban J connectivity index is 1.50. The molecular weight excluding hydrogens is 366 g/mol. The van der Waals surface area contributed by atoms with Crippen LogP contribution in [0.3, 0.4) is 0 Å². The zero-order valence-corrected chi connectivity index (χ0v) is 15.8. The summed E-state index contributed by atoms with van der Waals surface area (Å²) in [6.07, 6.45) is 2.19. The Morgan fingerprint density at radius 3 is 2.63 bits per heavy atom. The summed E-state index contributed by atoms with van der Waals surface area (Å²) in [5.41, 5.74) is 3.16. The van der Waals surface area contributed by atoms with Gasteiger partial charge >= 0.3 is 5.97 Å². The molecule has 0 atom stereocenters. The van der Waals surface area contributed by atoms with Crippen molar-refractivity contribution in [2.75, 3.05) is 19.4 Å². The van der Waals surface area contributed by atoms with Crippen molar-refractivity contribution < 1.29 is 17.9 Å². The second-order valence-electron chi connectivity index (χ2n) is 6.08. The van der Waals surface area contributed by atoms with Gasteiger partial charge in [0.15, 0.2) is 0 Å². The van der Waals surface area contributed by atoms with Gasteiger partial charge in [0, 0.05) is 13.1 Å². The third-order valence-corrected chi connectivity index (χ3v) is 5.60. The van der Waals surface area contributed by atoms with Gasteiger partial charge in [-0.05, 0) is 36.2 Å². The van der Waals surface area contributed by atoms with Gasteiger partial charge in [-0.15, -0.1) is 0 Å². The first-order valence-corrected chi connectivity index (χ1v) is 10.2. The third-order valence-electron chi connectivity index (χ3n) is 4.24. The fraction of sp³-hybridized carbons (Fsp3) is 0.263. The molecule has 1 heterocycles. The highest BCUT2D eigenvalue weighted by atomic mass is 32.2. The normalized spacial score (nSPS) is 11.6. The highest BCUT2D eigenvalue weighted by Crippen LogP contribution is 2.11. The number of hydrogen-bond donors (Lipinski definition) is 1. The molecule has 0 unspecified atom stereocenters. The summed E-state index contributed by atoms with van der Waals surface area (Å²) >= 11 is 0. The molecule has 0 saturated carbocycles. The molecule has 1 aromatic heterocycles. The number of nitrogens with zero attached hydrogens (tertiary/aromatic N) is 2. The van der Waals surface area contributed by atoms with Crippen LogP contribution in [0.2, 0.25) is 0 Å². The number of aryl methyl sites for hydroxylation is 1. The minimum atomic E-state index is -3.39. The lowest BCUT2D eigenvalue weighted by molar-refractivity contribution is 0.0600. The number of carbonyl (C=O) groups is 1. The summed E-state index contributed by atoms with van der Waals surface area (Å²) < 4.78 is 33.6. The summed E-state index contributed by atoms with van der Waals surface area (Å²) in [7, 11) is -2.06. The first-order valence-electron chi connectivity index (χ1n) is 8.53. The molecule has 3 aromatic rings. The average molecular weight is 387 g/mol. The number of methoxy groups -OCH3 is 1. The number of sulfonamides is 1. The minimum Gasteiger partial charge on any atom is -0.465 e. The molecule has 1 N–H and O–H groups in total. The van der Waals surface area contributed by atoms with E-state index in [1.165, 1.54) is 7.11 Å². The number of imidazole rings is 1. The molecule has 0 spiro atoms. The Bertz CT molecular complexity index is 1030. The quantitative estimate of drug-likeness (QED) is 0.597. The highest BCUT2D eigenvalue weighted by molar-refractivity contribution is 7.89. The zero-order valence-electron chi connectivity index (χ0n) is 15.0. The third kappa shape index (κ3) is 4.93. The van der Waals surface area contributed by atoms with Crippen LogP contribution >= 0.6 is 0 Å². The van der Waals surface area contributed by atoms with Gasteiger partial charge in [0.1, 0.15) is 0 Å². The SMILES string of the molecule is COC(=O)c1ccc(CCNS(=O)(=O)CCn2cnc3ccccc32)cc1. The largest absolute Gasteiger partial charge is 0.465 e. The molecule has 0 fully saturated rings. The van der Waals surface area contributed by atoms with Crippen LogP contribution in [0.25, 0.3) is 11.0 Å². The number of carbonyl (C=O) groups excluding carboxylic acids is 1. The van der Waals surface area contributed by atoms with E-state index in [0.717, 1.165) is 16.6 Å². The molecule has 7 nitrogen and oxygen atoms in total. The van der Waals surface area contributed by atoms with Crippen molar-refractivity contribution >= 4 is 27.0 Å². The number of aromatic nitrogens is 2. The molecule has 0 aliphatic heterocycles. The molecular formula is C19H21N3O4S. The van der Waals surface area contributed by atoms with Crippen LogP contribution in [-0.4, -0.2) is 43.3 Å². The van der Waals surface area contributed by atoms with Crippen LogP contribution in [0, 0.1) is 0 Å². The van der Waals surface area contributed by atoms with E-state index in [1.807, 2.05) is 28.8 Å². The fourth-order valence-corrected chi connectivity index (χ4v) is 3.75. The van der Waals surface area contributed by atoms with E-state index in [1.54, 1.807) is 30.6 Å². The smallest absolute Gasteiger partial charge is 0.337 e. The van der Waals surface area contributed by atoms with Crippen molar-refractivity contribution in [1.82, 2.24) is 14.3 Å². The minimum absolute atomic E-state index is 0.0192. The lowest BCUT2D eigenvalue weighted by Crippen LogP contribution is -2.30. The summed E-state index contributed by atoms with van der Waals surface area (Å²) in [6.45, 7) is 0.633. The van der Waals surface area contributed by atoms with Crippen molar-refractivity contribution in [2.24, 2.45) is 0 Å². The Morgan fingerprint density at radius 2 is 1.89 bits per heavy atom. The summed E-state index contributed by atoms with van der Waals surface area (Å²) in [4.78, 5) is 15.7. The van der Waals surface area contributed by atoms with Crippen LogP contribution in [0.1, 0.15) is 15.9 Å². The van der Waals surface area contributed by atoms with Crippen LogP contribution in [0.15, 0.2) is 54.9 Å². The predicted molar refractivity (Wildman–Crippen MR) is 103 cm³/mol. The molecule has 27 heavy (non-hydrogen) atoms. The Morgan fingerprint density at radius 1 is 1.15 bits per heavy atom. The number of fused-ring (bicyclic) bond motifs is 1. The van der Waals surface area contributed by atoms with Crippen molar-refractivity contribution in [2.45, 2.75) is 13.0 Å². The number of rotatable bonds is 8. The van der Waals surface area contributed by atoms with Gasteiger partial charge < -0.3 is 9.30 Å². The zero-order chi connectivity index (χ0) is 19.3. The predicted octanol–water partition coefficient (Wildman–Crippen LogP) is 1.98. The standard InChI is InChI=1S/C19H21N3O4S/c1-26-19(23)16-8-6-15(7-9-16)10-11-21-27(24,25)13-12-22-14-20-17-4-2-3-5-18(17)22/h2-9,14,21H,10-13H2,1H3. The maximum Gasteiger partial charge on any atom is 0.337 e. The van der Waals surface area contributed by atoms with E-state index in [0.29, 0.717) is 25.1 Å². The van der Waals surface area contributed by atoms with E-state index in [-0.39, 0.29) is 5.75 Å². The van der Waals surface area contributed by atoms with E-state index < -0.39 is 16.0 Å². The molecule has 8 heteroatoms. The lowest BCUT2D eigenvalue weighted by Gasteiger charge is -2.08. The molecule has 0 bridgehead atoms. The van der Waals surface area contributed by atoms with Crippen LogP contribution in [0.5, 0.6) is 0 Å².